The molecule has 0 aliphatic heterocycles. The molecule has 106 valence electrons. The average Bonchev–Trinajstić information content (AvgIpc) is 2.65. The Hall–Kier alpha value is -2.12. The Kier molecular flexibility index (Phi) is 4.85. The van der Waals surface area contributed by atoms with Crippen molar-refractivity contribution in [3.63, 3.8) is 0 Å². The number of carbonyl (C=O) groups is 1. The highest BCUT2D eigenvalue weighted by molar-refractivity contribution is 5.77. The second-order valence-corrected chi connectivity index (χ2v) is 4.16. The minimum absolute atomic E-state index is 0.158. The van der Waals surface area contributed by atoms with E-state index in [1.54, 1.807) is 11.5 Å². The van der Waals surface area contributed by atoms with Gasteiger partial charge in [0.25, 0.3) is 0 Å². The number of hydrogen-bond donors (Lipinski definition) is 2. The third kappa shape index (κ3) is 3.21. The van der Waals surface area contributed by atoms with Crippen LogP contribution in [0, 0.1) is 17.0 Å². The molecule has 1 aromatic rings. The van der Waals surface area contributed by atoms with Crippen LogP contribution in [-0.4, -0.2) is 31.6 Å². The number of anilines is 1. The van der Waals surface area contributed by atoms with Crippen molar-refractivity contribution in [3.8, 4) is 0 Å². The van der Waals surface area contributed by atoms with Gasteiger partial charge in [-0.3, -0.25) is 4.57 Å². The molecule has 1 aromatic heterocycles. The topological polar surface area (TPSA) is 110 Å². The van der Waals surface area contributed by atoms with Crippen molar-refractivity contribution in [2.24, 2.45) is 0 Å². The normalized spacial score (nSPS) is 12.2. The molecular weight excluding hydrogens is 252 g/mol. The Balaban J connectivity index is 3.16. The fourth-order valence-corrected chi connectivity index (χ4v) is 1.92. The van der Waals surface area contributed by atoms with Gasteiger partial charge in [-0.1, -0.05) is 13.3 Å². The summed E-state index contributed by atoms with van der Waals surface area (Å²) in [5.41, 5.74) is 0. The maximum atomic E-state index is 11.1. The molecule has 1 rings (SSSR count). The van der Waals surface area contributed by atoms with Crippen molar-refractivity contribution in [1.82, 2.24) is 9.55 Å². The third-order valence-electron chi connectivity index (χ3n) is 2.82. The summed E-state index contributed by atoms with van der Waals surface area (Å²) in [5, 5.41) is 22.8. The van der Waals surface area contributed by atoms with Crippen molar-refractivity contribution in [2.45, 2.75) is 46.2 Å². The number of aromatic nitrogens is 2. The highest BCUT2D eigenvalue weighted by Gasteiger charge is 2.28. The van der Waals surface area contributed by atoms with Gasteiger partial charge < -0.3 is 20.5 Å². The first-order valence-corrected chi connectivity index (χ1v) is 6.13. The minimum Gasteiger partial charge on any atom is -0.480 e. The Bertz CT molecular complexity index is 483. The van der Waals surface area contributed by atoms with Crippen LogP contribution in [0.1, 0.15) is 32.5 Å². The molecule has 0 aliphatic carbocycles. The predicted octanol–water partition coefficient (Wildman–Crippen LogP) is 1.78. The fraction of sp³-hybridized carbons (Fsp3) is 0.636. The summed E-state index contributed by atoms with van der Waals surface area (Å²) in [6.07, 6.45) is 1.05. The molecule has 0 fully saturated rings. The zero-order valence-electron chi connectivity index (χ0n) is 11.2. The number of rotatable bonds is 7. The van der Waals surface area contributed by atoms with Gasteiger partial charge in [0.1, 0.15) is 6.04 Å². The second-order valence-electron chi connectivity index (χ2n) is 4.16. The molecule has 0 saturated carbocycles. The highest BCUT2D eigenvalue weighted by Crippen LogP contribution is 2.26. The van der Waals surface area contributed by atoms with Crippen LogP contribution in [0.2, 0.25) is 0 Å². The highest BCUT2D eigenvalue weighted by atomic mass is 16.6. The summed E-state index contributed by atoms with van der Waals surface area (Å²) in [6.45, 7) is 5.80. The zero-order chi connectivity index (χ0) is 14.6. The standard InChI is InChI=1S/C11H18N4O4/c1-4-6-8(11(16)17)13-9-10(15(18)19)12-7(3)14(9)5-2/h8,13H,4-6H2,1-3H3,(H,16,17). The number of nitro groups is 1. The lowest BCUT2D eigenvalue weighted by Gasteiger charge is -2.15. The molecule has 0 bridgehead atoms. The number of aryl methyl sites for hydroxylation is 1. The van der Waals surface area contributed by atoms with E-state index in [1.807, 2.05) is 13.8 Å². The van der Waals surface area contributed by atoms with E-state index in [0.717, 1.165) is 0 Å². The molecular formula is C11H18N4O4. The van der Waals surface area contributed by atoms with Gasteiger partial charge in [-0.2, -0.15) is 0 Å². The lowest BCUT2D eigenvalue weighted by molar-refractivity contribution is -0.388. The quantitative estimate of drug-likeness (QED) is 0.577. The van der Waals surface area contributed by atoms with E-state index in [9.17, 15) is 14.9 Å². The Morgan fingerprint density at radius 1 is 1.58 bits per heavy atom. The molecule has 0 amide bonds. The van der Waals surface area contributed by atoms with Crippen molar-refractivity contribution in [3.05, 3.63) is 15.9 Å². The summed E-state index contributed by atoms with van der Waals surface area (Å²) in [4.78, 5) is 25.3. The number of nitrogens with one attached hydrogen (secondary N) is 1. The van der Waals surface area contributed by atoms with E-state index < -0.39 is 16.9 Å². The maximum Gasteiger partial charge on any atom is 0.406 e. The van der Waals surface area contributed by atoms with E-state index in [-0.39, 0.29) is 11.6 Å². The zero-order valence-corrected chi connectivity index (χ0v) is 11.2. The first-order chi connectivity index (χ1) is 8.92. The van der Waals surface area contributed by atoms with E-state index in [1.165, 1.54) is 0 Å². The van der Waals surface area contributed by atoms with Crippen LogP contribution in [0.4, 0.5) is 11.6 Å². The number of imidazole rings is 1. The minimum atomic E-state index is -1.03. The van der Waals surface area contributed by atoms with Crippen LogP contribution < -0.4 is 5.32 Å². The van der Waals surface area contributed by atoms with Gasteiger partial charge in [-0.25, -0.2) is 4.79 Å². The summed E-state index contributed by atoms with van der Waals surface area (Å²) >= 11 is 0. The molecule has 0 aliphatic rings. The van der Waals surface area contributed by atoms with Gasteiger partial charge in [0, 0.05) is 13.5 Å². The first-order valence-electron chi connectivity index (χ1n) is 6.13. The maximum absolute atomic E-state index is 11.1. The SMILES string of the molecule is CCCC(Nc1c([N+](=O)[O-])nc(C)n1CC)C(=O)O. The van der Waals surface area contributed by atoms with Crippen LogP contribution in [0.15, 0.2) is 0 Å². The van der Waals surface area contributed by atoms with Crippen LogP contribution in [0.3, 0.4) is 0 Å². The summed E-state index contributed by atoms with van der Waals surface area (Å²) in [6, 6.07) is -0.856. The summed E-state index contributed by atoms with van der Waals surface area (Å²) < 4.78 is 1.60. The molecule has 8 heteroatoms. The number of carboxylic acids is 1. The molecule has 8 nitrogen and oxygen atoms in total. The molecule has 1 atom stereocenters. The van der Waals surface area contributed by atoms with Gasteiger partial charge in [-0.15, -0.1) is 0 Å². The molecule has 19 heavy (non-hydrogen) atoms. The van der Waals surface area contributed by atoms with Crippen molar-refractivity contribution in [1.29, 1.82) is 0 Å². The van der Waals surface area contributed by atoms with Gasteiger partial charge in [0.2, 0.25) is 11.6 Å². The lowest BCUT2D eigenvalue weighted by atomic mass is 10.2. The Morgan fingerprint density at radius 2 is 2.21 bits per heavy atom. The molecule has 1 unspecified atom stereocenters. The van der Waals surface area contributed by atoms with Crippen molar-refractivity contribution >= 4 is 17.6 Å². The lowest BCUT2D eigenvalue weighted by Crippen LogP contribution is -2.30. The summed E-state index contributed by atoms with van der Waals surface area (Å²) in [7, 11) is 0. The number of aliphatic carboxylic acids is 1. The van der Waals surface area contributed by atoms with Gasteiger partial charge >= 0.3 is 11.8 Å². The molecule has 0 saturated heterocycles. The molecule has 2 N–H and O–H groups in total. The Morgan fingerprint density at radius 3 is 2.63 bits per heavy atom. The fourth-order valence-electron chi connectivity index (χ4n) is 1.92. The van der Waals surface area contributed by atoms with Crippen LogP contribution in [0.5, 0.6) is 0 Å². The smallest absolute Gasteiger partial charge is 0.406 e. The van der Waals surface area contributed by atoms with Crippen molar-refractivity contribution in [2.75, 3.05) is 5.32 Å². The predicted molar refractivity (Wildman–Crippen MR) is 69.2 cm³/mol. The van der Waals surface area contributed by atoms with E-state index >= 15 is 0 Å². The van der Waals surface area contributed by atoms with Crippen LogP contribution >= 0.6 is 0 Å². The largest absolute Gasteiger partial charge is 0.480 e. The monoisotopic (exact) mass is 270 g/mol. The van der Waals surface area contributed by atoms with E-state index in [2.05, 4.69) is 10.3 Å². The van der Waals surface area contributed by atoms with Crippen LogP contribution in [-0.2, 0) is 11.3 Å². The van der Waals surface area contributed by atoms with Gasteiger partial charge in [-0.05, 0) is 23.3 Å². The third-order valence-corrected chi connectivity index (χ3v) is 2.82. The molecule has 0 radical (unpaired) electrons. The van der Waals surface area contributed by atoms with E-state index in [0.29, 0.717) is 25.2 Å². The molecule has 0 aromatic carbocycles. The number of nitrogens with zero attached hydrogens (tertiary/aromatic N) is 3. The van der Waals surface area contributed by atoms with E-state index in [4.69, 9.17) is 5.11 Å². The van der Waals surface area contributed by atoms with Crippen LogP contribution in [0.25, 0.3) is 0 Å². The molecule has 0 spiro atoms. The van der Waals surface area contributed by atoms with Crippen molar-refractivity contribution < 1.29 is 14.8 Å². The second kappa shape index (κ2) is 6.17. The summed E-state index contributed by atoms with van der Waals surface area (Å²) in [5.74, 6) is -0.720. The Labute approximate surface area is 110 Å². The molecule has 1 heterocycles. The van der Waals surface area contributed by atoms with Gasteiger partial charge in [0.05, 0.1) is 0 Å². The number of hydrogen-bond acceptors (Lipinski definition) is 5. The first kappa shape index (κ1) is 14.9. The van der Waals surface area contributed by atoms with Gasteiger partial charge in [0.15, 0.2) is 0 Å². The average molecular weight is 270 g/mol. The number of carboxylic acid groups (broad SMARTS) is 1.